The van der Waals surface area contributed by atoms with Crippen LogP contribution in [0.3, 0.4) is 0 Å². The summed E-state index contributed by atoms with van der Waals surface area (Å²) >= 11 is 1.51. The molecule has 5 nitrogen and oxygen atoms in total. The Morgan fingerprint density at radius 3 is 2.36 bits per heavy atom. The number of carbonyl (C=O) groups is 1. The maximum absolute atomic E-state index is 12.5. The molecule has 126 valence electrons. The van der Waals surface area contributed by atoms with E-state index in [-0.39, 0.29) is 18.0 Å². The number of amides is 1. The minimum absolute atomic E-state index is 0.159. The van der Waals surface area contributed by atoms with E-state index >= 15 is 0 Å². The van der Waals surface area contributed by atoms with Crippen molar-refractivity contribution < 1.29 is 9.53 Å². The van der Waals surface area contributed by atoms with Gasteiger partial charge in [0.25, 0.3) is 0 Å². The number of ether oxygens (including phenoxy) is 1. The number of nitrogens with zero attached hydrogens (tertiary/aromatic N) is 3. The molecule has 0 aliphatic heterocycles. The summed E-state index contributed by atoms with van der Waals surface area (Å²) in [7, 11) is 1.69. The van der Waals surface area contributed by atoms with Crippen molar-refractivity contribution in [2.24, 2.45) is 0 Å². The number of aromatic nitrogens is 2. The molecule has 0 aromatic carbocycles. The van der Waals surface area contributed by atoms with Crippen LogP contribution in [-0.4, -0.2) is 51.9 Å². The SMILES string of the molecule is COCCn1c(SCC(=O)N(C(C)C)C(C)C)nc(C)c1C. The smallest absolute Gasteiger partial charge is 0.233 e. The van der Waals surface area contributed by atoms with Gasteiger partial charge in [-0.05, 0) is 41.5 Å². The lowest BCUT2D eigenvalue weighted by molar-refractivity contribution is -0.131. The fourth-order valence-electron chi connectivity index (χ4n) is 2.55. The summed E-state index contributed by atoms with van der Waals surface area (Å²) in [5.41, 5.74) is 2.15. The third-order valence-corrected chi connectivity index (χ3v) is 4.63. The molecular weight excluding hydrogens is 298 g/mol. The molecular formula is C16H29N3O2S. The number of rotatable bonds is 8. The zero-order valence-corrected chi connectivity index (χ0v) is 15.7. The van der Waals surface area contributed by atoms with E-state index in [0.29, 0.717) is 12.4 Å². The van der Waals surface area contributed by atoms with Crippen LogP contribution in [0.5, 0.6) is 0 Å². The molecule has 1 aromatic heterocycles. The highest BCUT2D eigenvalue weighted by atomic mass is 32.2. The van der Waals surface area contributed by atoms with Gasteiger partial charge in [-0.3, -0.25) is 4.79 Å². The molecule has 6 heteroatoms. The second-order valence-corrected chi connectivity index (χ2v) is 6.93. The molecule has 0 saturated carbocycles. The summed E-state index contributed by atoms with van der Waals surface area (Å²) in [6, 6.07) is 0.426. The lowest BCUT2D eigenvalue weighted by Gasteiger charge is -2.30. The van der Waals surface area contributed by atoms with Gasteiger partial charge in [0.2, 0.25) is 5.91 Å². The molecule has 1 aromatic rings. The maximum Gasteiger partial charge on any atom is 0.233 e. The number of thioether (sulfide) groups is 1. The van der Waals surface area contributed by atoms with E-state index < -0.39 is 0 Å². The Morgan fingerprint density at radius 1 is 1.27 bits per heavy atom. The predicted molar refractivity (Wildman–Crippen MR) is 91.4 cm³/mol. The lowest BCUT2D eigenvalue weighted by atomic mass is 10.2. The Balaban J connectivity index is 2.79. The topological polar surface area (TPSA) is 47.4 Å². The summed E-state index contributed by atoms with van der Waals surface area (Å²) < 4.78 is 7.29. The zero-order valence-electron chi connectivity index (χ0n) is 14.8. The van der Waals surface area contributed by atoms with Crippen LogP contribution in [0, 0.1) is 13.8 Å². The van der Waals surface area contributed by atoms with E-state index in [1.165, 1.54) is 11.8 Å². The normalized spacial score (nSPS) is 11.5. The van der Waals surface area contributed by atoms with E-state index in [4.69, 9.17) is 4.74 Å². The first-order chi connectivity index (χ1) is 10.3. The largest absolute Gasteiger partial charge is 0.383 e. The second kappa shape index (κ2) is 8.58. The van der Waals surface area contributed by atoms with Crippen LogP contribution in [0.2, 0.25) is 0 Å². The van der Waals surface area contributed by atoms with Gasteiger partial charge in [0.1, 0.15) is 0 Å². The molecule has 0 fully saturated rings. The average Bonchev–Trinajstić information content (AvgIpc) is 2.69. The van der Waals surface area contributed by atoms with Gasteiger partial charge in [0.05, 0.1) is 18.1 Å². The van der Waals surface area contributed by atoms with Crippen molar-refractivity contribution in [3.8, 4) is 0 Å². The quantitative estimate of drug-likeness (QED) is 0.689. The molecule has 0 atom stereocenters. The maximum atomic E-state index is 12.5. The Bertz CT molecular complexity index is 490. The zero-order chi connectivity index (χ0) is 16.9. The van der Waals surface area contributed by atoms with Crippen LogP contribution >= 0.6 is 11.8 Å². The summed E-state index contributed by atoms with van der Waals surface area (Å²) in [4.78, 5) is 19.0. The van der Waals surface area contributed by atoms with Crippen LogP contribution in [-0.2, 0) is 16.1 Å². The van der Waals surface area contributed by atoms with Gasteiger partial charge < -0.3 is 14.2 Å². The Labute approximate surface area is 138 Å². The van der Waals surface area contributed by atoms with E-state index in [1.807, 2.05) is 11.8 Å². The molecule has 0 aliphatic rings. The summed E-state index contributed by atoms with van der Waals surface area (Å²) in [6.45, 7) is 13.7. The van der Waals surface area contributed by atoms with E-state index in [2.05, 4.69) is 44.2 Å². The van der Waals surface area contributed by atoms with Gasteiger partial charge in [-0.1, -0.05) is 11.8 Å². The lowest BCUT2D eigenvalue weighted by Crippen LogP contribution is -2.43. The number of carbonyl (C=O) groups excluding carboxylic acids is 1. The minimum Gasteiger partial charge on any atom is -0.383 e. The van der Waals surface area contributed by atoms with Gasteiger partial charge in [0, 0.05) is 31.4 Å². The van der Waals surface area contributed by atoms with Crippen LogP contribution in [0.25, 0.3) is 0 Å². The second-order valence-electron chi connectivity index (χ2n) is 5.99. The van der Waals surface area contributed by atoms with Crippen molar-refractivity contribution in [3.05, 3.63) is 11.4 Å². The van der Waals surface area contributed by atoms with Crippen molar-refractivity contribution in [3.63, 3.8) is 0 Å². The first-order valence-electron chi connectivity index (χ1n) is 7.76. The molecule has 1 rings (SSSR count). The predicted octanol–water partition coefficient (Wildman–Crippen LogP) is 2.88. The van der Waals surface area contributed by atoms with Crippen molar-refractivity contribution in [2.45, 2.75) is 65.3 Å². The van der Waals surface area contributed by atoms with Crippen molar-refractivity contribution in [2.75, 3.05) is 19.5 Å². The van der Waals surface area contributed by atoms with Crippen molar-refractivity contribution in [1.29, 1.82) is 0 Å². The minimum atomic E-state index is 0.159. The first-order valence-corrected chi connectivity index (χ1v) is 8.74. The number of methoxy groups -OCH3 is 1. The highest BCUT2D eigenvalue weighted by Crippen LogP contribution is 2.22. The van der Waals surface area contributed by atoms with E-state index in [0.717, 1.165) is 23.1 Å². The Kier molecular flexibility index (Phi) is 7.42. The highest BCUT2D eigenvalue weighted by molar-refractivity contribution is 7.99. The fourth-order valence-corrected chi connectivity index (χ4v) is 3.54. The fraction of sp³-hybridized carbons (Fsp3) is 0.750. The first kappa shape index (κ1) is 19.0. The summed E-state index contributed by atoms with van der Waals surface area (Å²) in [6.07, 6.45) is 0. The summed E-state index contributed by atoms with van der Waals surface area (Å²) in [5, 5.41) is 0.896. The number of hydrogen-bond acceptors (Lipinski definition) is 4. The monoisotopic (exact) mass is 327 g/mol. The van der Waals surface area contributed by atoms with Crippen LogP contribution in [0.4, 0.5) is 0 Å². The molecule has 1 heterocycles. The van der Waals surface area contributed by atoms with E-state index in [9.17, 15) is 4.79 Å². The molecule has 0 aliphatic carbocycles. The molecule has 0 unspecified atom stereocenters. The number of aryl methyl sites for hydroxylation is 1. The summed E-state index contributed by atoms with van der Waals surface area (Å²) in [5.74, 6) is 0.575. The Morgan fingerprint density at radius 2 is 1.86 bits per heavy atom. The third-order valence-electron chi connectivity index (χ3n) is 3.67. The van der Waals surface area contributed by atoms with Crippen molar-refractivity contribution >= 4 is 17.7 Å². The number of imidazole rings is 1. The Hall–Kier alpha value is -1.01. The molecule has 0 saturated heterocycles. The highest BCUT2D eigenvalue weighted by Gasteiger charge is 2.21. The molecule has 22 heavy (non-hydrogen) atoms. The van der Waals surface area contributed by atoms with Crippen LogP contribution in [0.1, 0.15) is 39.1 Å². The van der Waals surface area contributed by atoms with Gasteiger partial charge in [-0.25, -0.2) is 4.98 Å². The third kappa shape index (κ3) is 4.74. The standard InChI is InChI=1S/C16H29N3O2S/c1-11(2)19(12(3)4)15(20)10-22-16-17-13(5)14(6)18(16)8-9-21-7/h11-12H,8-10H2,1-7H3. The average molecular weight is 327 g/mol. The van der Waals surface area contributed by atoms with Crippen LogP contribution in [0.15, 0.2) is 5.16 Å². The molecule has 0 bridgehead atoms. The van der Waals surface area contributed by atoms with Gasteiger partial charge >= 0.3 is 0 Å². The van der Waals surface area contributed by atoms with Gasteiger partial charge in [0.15, 0.2) is 5.16 Å². The van der Waals surface area contributed by atoms with Crippen molar-refractivity contribution in [1.82, 2.24) is 14.5 Å². The van der Waals surface area contributed by atoms with Gasteiger partial charge in [-0.15, -0.1) is 0 Å². The molecule has 0 N–H and O–H groups in total. The molecule has 0 spiro atoms. The molecule has 1 amide bonds. The van der Waals surface area contributed by atoms with Gasteiger partial charge in [-0.2, -0.15) is 0 Å². The van der Waals surface area contributed by atoms with E-state index in [1.54, 1.807) is 7.11 Å². The van der Waals surface area contributed by atoms with Crippen LogP contribution < -0.4 is 0 Å². The molecule has 0 radical (unpaired) electrons. The number of hydrogen-bond donors (Lipinski definition) is 0.